The summed E-state index contributed by atoms with van der Waals surface area (Å²) in [5, 5.41) is 8.75. The largest absolute Gasteiger partial charge is 0.324 e. The lowest BCUT2D eigenvalue weighted by molar-refractivity contribution is 0.457. The molecule has 0 aliphatic carbocycles. The molecule has 74 valence electrons. The van der Waals surface area contributed by atoms with Gasteiger partial charge >= 0.3 is 0 Å². The number of benzene rings is 1. The van der Waals surface area contributed by atoms with Gasteiger partial charge < -0.3 is 5.73 Å². The van der Waals surface area contributed by atoms with Crippen molar-refractivity contribution < 1.29 is 0 Å². The third-order valence-electron chi connectivity index (χ3n) is 2.66. The topological polar surface area (TPSA) is 49.8 Å². The van der Waals surface area contributed by atoms with Crippen LogP contribution in [0.4, 0.5) is 0 Å². The van der Waals surface area contributed by atoms with Gasteiger partial charge in [-0.3, -0.25) is 0 Å². The fourth-order valence-electron chi connectivity index (χ4n) is 1.40. The summed E-state index contributed by atoms with van der Waals surface area (Å²) >= 11 is 0. The molecule has 0 fully saturated rings. The van der Waals surface area contributed by atoms with Crippen LogP contribution in [0.15, 0.2) is 24.3 Å². The highest BCUT2D eigenvalue weighted by Gasteiger charge is 2.12. The van der Waals surface area contributed by atoms with Crippen molar-refractivity contribution in [1.29, 1.82) is 5.26 Å². The Bertz CT molecular complexity index is 338. The lowest BCUT2D eigenvalue weighted by Gasteiger charge is -2.18. The summed E-state index contributed by atoms with van der Waals surface area (Å²) in [6, 6.07) is 9.70. The van der Waals surface area contributed by atoms with Crippen molar-refractivity contribution in [3.05, 3.63) is 35.4 Å². The lowest BCUT2D eigenvalue weighted by atomic mass is 9.92. The molecule has 2 heteroatoms. The Morgan fingerprint density at radius 3 is 2.79 bits per heavy atom. The van der Waals surface area contributed by atoms with E-state index in [9.17, 15) is 0 Å². The first-order valence-corrected chi connectivity index (χ1v) is 4.94. The van der Waals surface area contributed by atoms with Gasteiger partial charge in [0.15, 0.2) is 0 Å². The Morgan fingerprint density at radius 2 is 2.21 bits per heavy atom. The fourth-order valence-corrected chi connectivity index (χ4v) is 1.40. The molecule has 14 heavy (non-hydrogen) atoms. The molecular formula is C12H16N2. The molecule has 0 aromatic heterocycles. The molecule has 1 aromatic carbocycles. The van der Waals surface area contributed by atoms with E-state index in [-0.39, 0.29) is 6.04 Å². The second kappa shape index (κ2) is 4.78. The van der Waals surface area contributed by atoms with Crippen LogP contribution in [0.25, 0.3) is 0 Å². The lowest BCUT2D eigenvalue weighted by Crippen LogP contribution is -2.18. The third kappa shape index (κ3) is 2.34. The number of nitrogens with two attached hydrogens (primary N) is 1. The normalized spacial score (nSPS) is 14.4. The summed E-state index contributed by atoms with van der Waals surface area (Å²) < 4.78 is 0. The third-order valence-corrected chi connectivity index (χ3v) is 2.66. The predicted octanol–water partition coefficient (Wildman–Crippen LogP) is 2.60. The first-order chi connectivity index (χ1) is 6.69. The van der Waals surface area contributed by atoms with E-state index in [2.05, 4.69) is 19.9 Å². The molecule has 0 spiro atoms. The van der Waals surface area contributed by atoms with Crippen molar-refractivity contribution in [3.63, 3.8) is 0 Å². The number of rotatable bonds is 3. The second-order valence-electron chi connectivity index (χ2n) is 3.65. The second-order valence-corrected chi connectivity index (χ2v) is 3.65. The van der Waals surface area contributed by atoms with Gasteiger partial charge in [0, 0.05) is 6.04 Å². The smallest absolute Gasteiger partial charge is 0.0991 e. The Hall–Kier alpha value is -1.33. The number of nitriles is 1. The van der Waals surface area contributed by atoms with Crippen LogP contribution in [0.2, 0.25) is 0 Å². The monoisotopic (exact) mass is 188 g/mol. The minimum Gasteiger partial charge on any atom is -0.324 e. The van der Waals surface area contributed by atoms with Crippen LogP contribution >= 0.6 is 0 Å². The van der Waals surface area contributed by atoms with Gasteiger partial charge in [-0.15, -0.1) is 0 Å². The van der Waals surface area contributed by atoms with Gasteiger partial charge in [0.1, 0.15) is 0 Å². The number of nitrogens with zero attached hydrogens (tertiary/aromatic N) is 1. The Morgan fingerprint density at radius 1 is 1.50 bits per heavy atom. The molecule has 0 radical (unpaired) electrons. The molecular weight excluding hydrogens is 172 g/mol. The van der Waals surface area contributed by atoms with E-state index in [1.54, 1.807) is 6.07 Å². The van der Waals surface area contributed by atoms with E-state index in [0.717, 1.165) is 12.0 Å². The van der Waals surface area contributed by atoms with Crippen LogP contribution in [-0.2, 0) is 0 Å². The maximum Gasteiger partial charge on any atom is 0.0991 e. The fraction of sp³-hybridized carbons (Fsp3) is 0.417. The van der Waals surface area contributed by atoms with Crippen LogP contribution in [0, 0.1) is 17.2 Å². The minimum atomic E-state index is 0.0355. The maximum absolute atomic E-state index is 8.75. The van der Waals surface area contributed by atoms with E-state index in [0.29, 0.717) is 11.5 Å². The van der Waals surface area contributed by atoms with Gasteiger partial charge in [-0.1, -0.05) is 32.4 Å². The number of hydrogen-bond acceptors (Lipinski definition) is 2. The zero-order valence-corrected chi connectivity index (χ0v) is 8.70. The predicted molar refractivity (Wildman–Crippen MR) is 57.5 cm³/mol. The zero-order valence-electron chi connectivity index (χ0n) is 8.70. The van der Waals surface area contributed by atoms with E-state index in [1.165, 1.54) is 0 Å². The highest BCUT2D eigenvalue weighted by molar-refractivity contribution is 5.34. The van der Waals surface area contributed by atoms with Crippen LogP contribution in [0.1, 0.15) is 37.4 Å². The first-order valence-electron chi connectivity index (χ1n) is 4.94. The summed E-state index contributed by atoms with van der Waals surface area (Å²) in [5.74, 6) is 0.448. The molecule has 1 unspecified atom stereocenters. The summed E-state index contributed by atoms with van der Waals surface area (Å²) in [5.41, 5.74) is 7.80. The maximum atomic E-state index is 8.75. The molecule has 2 atom stereocenters. The zero-order chi connectivity index (χ0) is 10.6. The van der Waals surface area contributed by atoms with Crippen LogP contribution in [-0.4, -0.2) is 0 Å². The van der Waals surface area contributed by atoms with Gasteiger partial charge in [-0.25, -0.2) is 0 Å². The van der Waals surface area contributed by atoms with Crippen LogP contribution < -0.4 is 5.73 Å². The molecule has 0 aliphatic rings. The van der Waals surface area contributed by atoms with Crippen molar-refractivity contribution in [3.8, 4) is 6.07 Å². The first kappa shape index (κ1) is 10.7. The van der Waals surface area contributed by atoms with E-state index < -0.39 is 0 Å². The standard InChI is InChI=1S/C12H16N2/c1-3-9(2)12(14)11-6-4-5-10(7-11)8-13/h4-7,9,12H,3,14H2,1-2H3/t9?,12-/m1/s1. The van der Waals surface area contributed by atoms with Crippen molar-refractivity contribution in [1.82, 2.24) is 0 Å². The summed E-state index contributed by atoms with van der Waals surface area (Å²) in [6.45, 7) is 4.25. The van der Waals surface area contributed by atoms with Gasteiger partial charge in [0.2, 0.25) is 0 Å². The molecule has 0 saturated heterocycles. The van der Waals surface area contributed by atoms with Crippen molar-refractivity contribution >= 4 is 0 Å². The quantitative estimate of drug-likeness (QED) is 0.792. The molecule has 0 bridgehead atoms. The molecule has 2 nitrogen and oxygen atoms in total. The summed E-state index contributed by atoms with van der Waals surface area (Å²) in [7, 11) is 0. The van der Waals surface area contributed by atoms with E-state index in [1.807, 2.05) is 18.2 Å². The van der Waals surface area contributed by atoms with E-state index >= 15 is 0 Å². The molecule has 1 rings (SSSR count). The minimum absolute atomic E-state index is 0.0355. The highest BCUT2D eigenvalue weighted by Crippen LogP contribution is 2.22. The highest BCUT2D eigenvalue weighted by atomic mass is 14.6. The Balaban J connectivity index is 2.91. The van der Waals surface area contributed by atoms with Crippen molar-refractivity contribution in [2.75, 3.05) is 0 Å². The van der Waals surface area contributed by atoms with Gasteiger partial charge in [0.25, 0.3) is 0 Å². The summed E-state index contributed by atoms with van der Waals surface area (Å²) in [4.78, 5) is 0. The Kier molecular flexibility index (Phi) is 3.67. The van der Waals surface area contributed by atoms with Crippen LogP contribution in [0.5, 0.6) is 0 Å². The summed E-state index contributed by atoms with van der Waals surface area (Å²) in [6.07, 6.45) is 1.05. The molecule has 1 aromatic rings. The molecule has 0 saturated carbocycles. The average Bonchev–Trinajstić information content (AvgIpc) is 2.27. The Labute approximate surface area is 85.4 Å². The number of hydrogen-bond donors (Lipinski definition) is 1. The molecule has 2 N–H and O–H groups in total. The molecule has 0 heterocycles. The van der Waals surface area contributed by atoms with E-state index in [4.69, 9.17) is 11.0 Å². The molecule has 0 aliphatic heterocycles. The van der Waals surface area contributed by atoms with Crippen LogP contribution in [0.3, 0.4) is 0 Å². The van der Waals surface area contributed by atoms with Crippen molar-refractivity contribution in [2.24, 2.45) is 11.7 Å². The SMILES string of the molecule is CCC(C)[C@@H](N)c1cccc(C#N)c1. The molecule has 0 amide bonds. The van der Waals surface area contributed by atoms with Gasteiger partial charge in [-0.05, 0) is 23.6 Å². The van der Waals surface area contributed by atoms with Gasteiger partial charge in [0.05, 0.1) is 11.6 Å². The van der Waals surface area contributed by atoms with Crippen molar-refractivity contribution in [2.45, 2.75) is 26.3 Å². The average molecular weight is 188 g/mol. The van der Waals surface area contributed by atoms with Gasteiger partial charge in [-0.2, -0.15) is 5.26 Å².